The molecule has 7 nitrogen and oxygen atoms in total. The van der Waals surface area contributed by atoms with Gasteiger partial charge in [0.2, 0.25) is 11.1 Å². The second-order valence-corrected chi connectivity index (χ2v) is 8.45. The topological polar surface area (TPSA) is 74.0 Å². The van der Waals surface area contributed by atoms with Crippen LogP contribution in [0.15, 0.2) is 72.1 Å². The molecular weight excluding hydrogens is 446 g/mol. The smallest absolute Gasteiger partial charge is 0.234 e. The molecule has 2 aromatic heterocycles. The van der Waals surface area contributed by atoms with Gasteiger partial charge >= 0.3 is 0 Å². The van der Waals surface area contributed by atoms with Crippen molar-refractivity contribution in [2.24, 2.45) is 0 Å². The van der Waals surface area contributed by atoms with E-state index in [0.29, 0.717) is 22.3 Å². The van der Waals surface area contributed by atoms with Crippen LogP contribution in [0.3, 0.4) is 0 Å². The molecule has 164 valence electrons. The molecule has 1 N–H and O–H groups in total. The third-order valence-corrected chi connectivity index (χ3v) is 6.13. The number of carbonyl (C=O) groups excluding carboxylic acids is 1. The molecule has 0 aliphatic carbocycles. The SMILES string of the molecule is COc1ccc(Cc2nnc(SCC(=O)Nc3ccc(C)c(Cl)c3)n2-n2cccc2)cc1. The number of benzene rings is 2. The van der Waals surface area contributed by atoms with Gasteiger partial charge in [-0.15, -0.1) is 10.2 Å². The third-order valence-electron chi connectivity index (χ3n) is 4.81. The summed E-state index contributed by atoms with van der Waals surface area (Å²) in [5, 5.41) is 12.8. The number of rotatable bonds is 8. The molecule has 2 heterocycles. The van der Waals surface area contributed by atoms with Gasteiger partial charge in [0.1, 0.15) is 5.75 Å². The molecule has 0 fully saturated rings. The highest BCUT2D eigenvalue weighted by atomic mass is 35.5. The average molecular weight is 468 g/mol. The number of ether oxygens (including phenoxy) is 1. The molecule has 0 bridgehead atoms. The van der Waals surface area contributed by atoms with E-state index in [1.807, 2.05) is 77.2 Å². The maximum atomic E-state index is 12.5. The minimum Gasteiger partial charge on any atom is -0.497 e. The van der Waals surface area contributed by atoms with Crippen LogP contribution in [0, 0.1) is 6.92 Å². The summed E-state index contributed by atoms with van der Waals surface area (Å²) in [6.07, 6.45) is 4.42. The van der Waals surface area contributed by atoms with E-state index in [1.165, 1.54) is 11.8 Å². The number of aryl methyl sites for hydroxylation is 1. The molecule has 1 amide bonds. The van der Waals surface area contributed by atoms with Crippen LogP contribution in [0.1, 0.15) is 17.0 Å². The molecule has 4 rings (SSSR count). The number of hydrogen-bond acceptors (Lipinski definition) is 5. The number of anilines is 1. The highest BCUT2D eigenvalue weighted by Gasteiger charge is 2.16. The Balaban J connectivity index is 1.49. The summed E-state index contributed by atoms with van der Waals surface area (Å²) in [6.45, 7) is 1.92. The fraction of sp³-hybridized carbons (Fsp3) is 0.174. The number of carbonyl (C=O) groups is 1. The lowest BCUT2D eigenvalue weighted by atomic mass is 10.1. The first-order chi connectivity index (χ1) is 15.5. The van der Waals surface area contributed by atoms with Crippen LogP contribution in [-0.2, 0) is 11.2 Å². The summed E-state index contributed by atoms with van der Waals surface area (Å²) < 4.78 is 9.04. The minimum atomic E-state index is -0.145. The van der Waals surface area contributed by atoms with Gasteiger partial charge in [0.25, 0.3) is 0 Å². The second kappa shape index (κ2) is 9.93. The zero-order chi connectivity index (χ0) is 22.5. The number of hydrogen-bond donors (Lipinski definition) is 1. The van der Waals surface area contributed by atoms with Gasteiger partial charge in [0.05, 0.1) is 12.9 Å². The van der Waals surface area contributed by atoms with Crippen molar-refractivity contribution < 1.29 is 9.53 Å². The molecule has 32 heavy (non-hydrogen) atoms. The molecule has 0 aliphatic rings. The monoisotopic (exact) mass is 467 g/mol. The van der Waals surface area contributed by atoms with Gasteiger partial charge in [-0.3, -0.25) is 9.47 Å². The summed E-state index contributed by atoms with van der Waals surface area (Å²) in [5.74, 6) is 1.61. The summed E-state index contributed by atoms with van der Waals surface area (Å²) in [5.41, 5.74) is 2.71. The highest BCUT2D eigenvalue weighted by molar-refractivity contribution is 7.99. The third kappa shape index (κ3) is 5.15. The average Bonchev–Trinajstić information content (AvgIpc) is 3.45. The molecule has 0 saturated heterocycles. The Labute approximate surface area is 195 Å². The first-order valence-electron chi connectivity index (χ1n) is 9.93. The van der Waals surface area contributed by atoms with Crippen molar-refractivity contribution in [1.82, 2.24) is 19.5 Å². The maximum absolute atomic E-state index is 12.5. The fourth-order valence-corrected chi connectivity index (χ4v) is 4.04. The lowest BCUT2D eigenvalue weighted by Gasteiger charge is -2.12. The highest BCUT2D eigenvalue weighted by Crippen LogP contribution is 2.23. The van der Waals surface area contributed by atoms with E-state index in [1.54, 1.807) is 13.2 Å². The van der Waals surface area contributed by atoms with Crippen molar-refractivity contribution in [3.8, 4) is 5.75 Å². The predicted molar refractivity (Wildman–Crippen MR) is 127 cm³/mol. The Bertz CT molecular complexity index is 1210. The van der Waals surface area contributed by atoms with Gasteiger partial charge in [-0.25, -0.2) is 4.68 Å². The Morgan fingerprint density at radius 1 is 1.12 bits per heavy atom. The van der Waals surface area contributed by atoms with Crippen molar-refractivity contribution >= 4 is 35.0 Å². The zero-order valence-electron chi connectivity index (χ0n) is 17.7. The van der Waals surface area contributed by atoms with E-state index in [2.05, 4.69) is 15.5 Å². The summed E-state index contributed by atoms with van der Waals surface area (Å²) in [6, 6.07) is 17.2. The van der Waals surface area contributed by atoms with Gasteiger partial charge in [-0.1, -0.05) is 41.6 Å². The van der Waals surface area contributed by atoms with Crippen molar-refractivity contribution in [1.29, 1.82) is 0 Å². The van der Waals surface area contributed by atoms with Crippen molar-refractivity contribution in [3.63, 3.8) is 0 Å². The first kappa shape index (κ1) is 22.0. The van der Waals surface area contributed by atoms with Crippen LogP contribution in [0.5, 0.6) is 5.75 Å². The number of nitrogens with zero attached hydrogens (tertiary/aromatic N) is 4. The number of amides is 1. The van der Waals surface area contributed by atoms with Crippen molar-refractivity contribution in [2.45, 2.75) is 18.5 Å². The Morgan fingerprint density at radius 2 is 1.88 bits per heavy atom. The van der Waals surface area contributed by atoms with Gasteiger partial charge in [-0.2, -0.15) is 0 Å². The molecule has 0 spiro atoms. The molecule has 0 saturated carbocycles. The minimum absolute atomic E-state index is 0.145. The molecule has 4 aromatic rings. The number of nitrogens with one attached hydrogen (secondary N) is 1. The molecule has 0 aliphatic heterocycles. The van der Waals surface area contributed by atoms with Crippen molar-refractivity contribution in [2.75, 3.05) is 18.2 Å². The maximum Gasteiger partial charge on any atom is 0.234 e. The normalized spacial score (nSPS) is 10.8. The van der Waals surface area contributed by atoms with Crippen LogP contribution in [0.2, 0.25) is 5.02 Å². The molecule has 2 aromatic carbocycles. The van der Waals surface area contributed by atoms with Crippen LogP contribution in [0.4, 0.5) is 5.69 Å². The molecule has 9 heteroatoms. The Kier molecular flexibility index (Phi) is 6.82. The van der Waals surface area contributed by atoms with Crippen molar-refractivity contribution in [3.05, 3.63) is 89.0 Å². The van der Waals surface area contributed by atoms with Gasteiger partial charge in [0.15, 0.2) is 5.82 Å². The van der Waals surface area contributed by atoms with E-state index >= 15 is 0 Å². The Hall–Kier alpha value is -3.23. The zero-order valence-corrected chi connectivity index (χ0v) is 19.2. The van der Waals surface area contributed by atoms with Gasteiger partial charge in [-0.05, 0) is 54.4 Å². The van der Waals surface area contributed by atoms with Gasteiger partial charge in [0, 0.05) is 29.5 Å². The largest absolute Gasteiger partial charge is 0.497 e. The first-order valence-corrected chi connectivity index (χ1v) is 11.3. The van der Waals surface area contributed by atoms with Crippen LogP contribution >= 0.6 is 23.4 Å². The van der Waals surface area contributed by atoms with E-state index in [0.717, 1.165) is 22.7 Å². The standard InChI is InChI=1S/C23H22ClN5O2S/c1-16-5-8-18(14-20(16)24)25-22(30)15-32-23-27-26-21(29(23)28-11-3-4-12-28)13-17-6-9-19(31-2)10-7-17/h3-12,14H,13,15H2,1-2H3,(H,25,30). The number of methoxy groups -OCH3 is 1. The lowest BCUT2D eigenvalue weighted by molar-refractivity contribution is -0.113. The van der Waals surface area contributed by atoms with E-state index in [-0.39, 0.29) is 11.7 Å². The quantitative estimate of drug-likeness (QED) is 0.381. The van der Waals surface area contributed by atoms with Gasteiger partial charge < -0.3 is 10.1 Å². The number of halogens is 1. The summed E-state index contributed by atoms with van der Waals surface area (Å²) in [7, 11) is 1.64. The van der Waals surface area contributed by atoms with Crippen LogP contribution < -0.4 is 10.1 Å². The lowest BCUT2D eigenvalue weighted by Crippen LogP contribution is -2.16. The second-order valence-electron chi connectivity index (χ2n) is 7.10. The fourth-order valence-electron chi connectivity index (χ4n) is 3.11. The molecule has 0 unspecified atom stereocenters. The predicted octanol–water partition coefficient (Wildman–Crippen LogP) is 4.68. The number of thioether (sulfide) groups is 1. The van der Waals surface area contributed by atoms with Crippen LogP contribution in [0.25, 0.3) is 0 Å². The van der Waals surface area contributed by atoms with Crippen LogP contribution in [-0.4, -0.2) is 38.3 Å². The Morgan fingerprint density at radius 3 is 2.56 bits per heavy atom. The number of aromatic nitrogens is 4. The molecule has 0 atom stereocenters. The van der Waals surface area contributed by atoms with E-state index in [4.69, 9.17) is 16.3 Å². The molecular formula is C23H22ClN5O2S. The van der Waals surface area contributed by atoms with E-state index in [9.17, 15) is 4.79 Å². The summed E-state index contributed by atoms with van der Waals surface area (Å²) >= 11 is 7.47. The summed E-state index contributed by atoms with van der Waals surface area (Å²) in [4.78, 5) is 12.5. The molecule has 0 radical (unpaired) electrons. The van der Waals surface area contributed by atoms with E-state index < -0.39 is 0 Å².